The van der Waals surface area contributed by atoms with Gasteiger partial charge in [0, 0.05) is 16.5 Å². The average molecular weight is 352 g/mol. The molecule has 0 aliphatic rings. The summed E-state index contributed by atoms with van der Waals surface area (Å²) in [6.07, 6.45) is 1.64. The second-order valence-electron chi connectivity index (χ2n) is 5.60. The van der Waals surface area contributed by atoms with Crippen LogP contribution in [0.25, 0.3) is 11.0 Å². The van der Waals surface area contributed by atoms with E-state index in [2.05, 4.69) is 10.4 Å². The highest BCUT2D eigenvalue weighted by Crippen LogP contribution is 2.20. The lowest BCUT2D eigenvalue weighted by Crippen LogP contribution is -2.15. The molecule has 0 saturated carbocycles. The van der Waals surface area contributed by atoms with Crippen molar-refractivity contribution < 1.29 is 9.21 Å². The summed E-state index contributed by atoms with van der Waals surface area (Å²) in [7, 11) is 0. The van der Waals surface area contributed by atoms with Crippen LogP contribution in [0.5, 0.6) is 0 Å². The highest BCUT2D eigenvalue weighted by molar-refractivity contribution is 6.30. The number of benzene rings is 2. The number of furan rings is 1. The molecule has 4 aromatic rings. The van der Waals surface area contributed by atoms with Crippen LogP contribution in [0, 0.1) is 0 Å². The van der Waals surface area contributed by atoms with Gasteiger partial charge in [-0.15, -0.1) is 0 Å². The highest BCUT2D eigenvalue weighted by Gasteiger charge is 2.14. The Bertz CT molecular complexity index is 1000. The first kappa shape index (κ1) is 15.5. The zero-order valence-corrected chi connectivity index (χ0v) is 13.9. The summed E-state index contributed by atoms with van der Waals surface area (Å²) in [4.78, 5) is 12.5. The molecule has 1 N–H and O–H groups in total. The first-order chi connectivity index (χ1) is 12.2. The highest BCUT2D eigenvalue weighted by atomic mass is 35.5. The summed E-state index contributed by atoms with van der Waals surface area (Å²) in [6.45, 7) is 0.528. The largest absolute Gasteiger partial charge is 0.451 e. The van der Waals surface area contributed by atoms with Gasteiger partial charge in [-0.25, -0.2) is 4.68 Å². The minimum Gasteiger partial charge on any atom is -0.451 e. The molecule has 25 heavy (non-hydrogen) atoms. The predicted molar refractivity (Wildman–Crippen MR) is 96.9 cm³/mol. The van der Waals surface area contributed by atoms with Crippen molar-refractivity contribution in [2.45, 2.75) is 6.54 Å². The quantitative estimate of drug-likeness (QED) is 0.585. The molecule has 2 aromatic carbocycles. The van der Waals surface area contributed by atoms with E-state index in [0.29, 0.717) is 23.0 Å². The van der Waals surface area contributed by atoms with Gasteiger partial charge < -0.3 is 9.73 Å². The molecular formula is C19H14ClN3O2. The third kappa shape index (κ3) is 3.27. The third-order valence-electron chi connectivity index (χ3n) is 3.85. The van der Waals surface area contributed by atoms with E-state index in [1.54, 1.807) is 23.0 Å². The summed E-state index contributed by atoms with van der Waals surface area (Å²) in [5.74, 6) is 0.551. The Morgan fingerprint density at radius 2 is 1.92 bits per heavy atom. The van der Waals surface area contributed by atoms with E-state index in [1.807, 2.05) is 48.5 Å². The van der Waals surface area contributed by atoms with Crippen molar-refractivity contribution in [3.63, 3.8) is 0 Å². The van der Waals surface area contributed by atoms with E-state index in [4.69, 9.17) is 16.0 Å². The van der Waals surface area contributed by atoms with E-state index in [-0.39, 0.29) is 11.7 Å². The van der Waals surface area contributed by atoms with Crippen LogP contribution in [0.15, 0.2) is 71.3 Å². The number of nitrogens with zero attached hydrogens (tertiary/aromatic N) is 2. The molecule has 0 unspecified atom stereocenters. The molecule has 0 aliphatic heterocycles. The average Bonchev–Trinajstić information content (AvgIpc) is 3.24. The number of aromatic nitrogens is 2. The number of hydrogen-bond donors (Lipinski definition) is 1. The van der Waals surface area contributed by atoms with Crippen molar-refractivity contribution in [3.8, 4) is 0 Å². The summed E-state index contributed by atoms with van der Waals surface area (Å²) in [5.41, 5.74) is 1.72. The zero-order valence-electron chi connectivity index (χ0n) is 13.1. The summed E-state index contributed by atoms with van der Waals surface area (Å²) >= 11 is 5.91. The molecule has 0 fully saturated rings. The van der Waals surface area contributed by atoms with Gasteiger partial charge in [0.05, 0.1) is 12.7 Å². The Morgan fingerprint density at radius 1 is 1.12 bits per heavy atom. The van der Waals surface area contributed by atoms with Crippen LogP contribution in [0.4, 0.5) is 5.82 Å². The second kappa shape index (κ2) is 6.45. The maximum atomic E-state index is 12.5. The van der Waals surface area contributed by atoms with Gasteiger partial charge >= 0.3 is 0 Å². The Morgan fingerprint density at radius 3 is 2.72 bits per heavy atom. The van der Waals surface area contributed by atoms with Crippen molar-refractivity contribution >= 4 is 34.3 Å². The molecule has 0 radical (unpaired) electrons. The molecule has 0 saturated heterocycles. The normalized spacial score (nSPS) is 10.9. The van der Waals surface area contributed by atoms with Crippen LogP contribution < -0.4 is 5.32 Å². The molecule has 0 aliphatic carbocycles. The first-order valence-electron chi connectivity index (χ1n) is 7.75. The minimum absolute atomic E-state index is 0.264. The minimum atomic E-state index is -0.311. The number of rotatable bonds is 4. The van der Waals surface area contributed by atoms with Gasteiger partial charge in [0.25, 0.3) is 5.91 Å². The molecule has 2 aromatic heterocycles. The maximum Gasteiger partial charge on any atom is 0.292 e. The Kier molecular flexibility index (Phi) is 3.99. The lowest BCUT2D eigenvalue weighted by molar-refractivity contribution is 0.0997. The van der Waals surface area contributed by atoms with Crippen LogP contribution in [-0.2, 0) is 6.54 Å². The van der Waals surface area contributed by atoms with Crippen molar-refractivity contribution in [2.75, 3.05) is 5.32 Å². The summed E-state index contributed by atoms with van der Waals surface area (Å²) in [6, 6.07) is 18.5. The number of carbonyl (C=O) groups is 1. The molecule has 0 bridgehead atoms. The Hall–Kier alpha value is -3.05. The van der Waals surface area contributed by atoms with E-state index >= 15 is 0 Å². The number of para-hydroxylation sites is 1. The first-order valence-corrected chi connectivity index (χ1v) is 8.13. The smallest absolute Gasteiger partial charge is 0.292 e. The van der Waals surface area contributed by atoms with E-state index in [0.717, 1.165) is 10.9 Å². The summed E-state index contributed by atoms with van der Waals surface area (Å²) in [5, 5.41) is 8.68. The number of amides is 1. The molecule has 0 spiro atoms. The molecule has 0 atom stereocenters. The van der Waals surface area contributed by atoms with Crippen LogP contribution in [-0.4, -0.2) is 15.7 Å². The number of anilines is 1. The van der Waals surface area contributed by atoms with Crippen molar-refractivity contribution in [2.24, 2.45) is 0 Å². The van der Waals surface area contributed by atoms with Gasteiger partial charge in [-0.2, -0.15) is 5.10 Å². The molecule has 2 heterocycles. The zero-order chi connectivity index (χ0) is 17.2. The lowest BCUT2D eigenvalue weighted by atomic mass is 10.2. The lowest BCUT2D eigenvalue weighted by Gasteiger charge is -2.08. The number of fused-ring (bicyclic) bond motifs is 1. The topological polar surface area (TPSA) is 60.1 Å². The van der Waals surface area contributed by atoms with Gasteiger partial charge in [-0.3, -0.25) is 4.79 Å². The molecule has 124 valence electrons. The molecular weight excluding hydrogens is 338 g/mol. The number of hydrogen-bond acceptors (Lipinski definition) is 3. The third-order valence-corrected chi connectivity index (χ3v) is 4.11. The number of carbonyl (C=O) groups excluding carboxylic acids is 1. The molecule has 5 nitrogen and oxygen atoms in total. The maximum absolute atomic E-state index is 12.5. The fourth-order valence-electron chi connectivity index (χ4n) is 2.60. The fourth-order valence-corrected chi connectivity index (χ4v) is 2.73. The standard InChI is InChI=1S/C19H14ClN3O2/c20-15-7-5-13(6-8-15)12-23-18(9-10-21-23)22-19(24)17-11-14-3-1-2-4-16(14)25-17/h1-11H,12H2,(H,22,24). The van der Waals surface area contributed by atoms with E-state index in [1.165, 1.54) is 0 Å². The molecule has 1 amide bonds. The Labute approximate surface area is 148 Å². The molecule has 6 heteroatoms. The van der Waals surface area contributed by atoms with Gasteiger partial charge in [-0.1, -0.05) is 41.9 Å². The number of nitrogens with one attached hydrogen (secondary N) is 1. The van der Waals surface area contributed by atoms with Crippen LogP contribution >= 0.6 is 11.6 Å². The predicted octanol–water partition coefficient (Wildman–Crippen LogP) is 4.58. The van der Waals surface area contributed by atoms with Crippen molar-refractivity contribution in [1.29, 1.82) is 0 Å². The SMILES string of the molecule is O=C(Nc1ccnn1Cc1ccc(Cl)cc1)c1cc2ccccc2o1. The summed E-state index contributed by atoms with van der Waals surface area (Å²) < 4.78 is 7.31. The van der Waals surface area contributed by atoms with Crippen LogP contribution in [0.1, 0.15) is 16.1 Å². The number of halogens is 1. The van der Waals surface area contributed by atoms with Crippen molar-refractivity contribution in [1.82, 2.24) is 9.78 Å². The van der Waals surface area contributed by atoms with E-state index < -0.39 is 0 Å². The Balaban J connectivity index is 1.53. The fraction of sp³-hybridized carbons (Fsp3) is 0.0526. The molecule has 4 rings (SSSR count). The van der Waals surface area contributed by atoms with Gasteiger partial charge in [0.15, 0.2) is 5.76 Å². The van der Waals surface area contributed by atoms with Gasteiger partial charge in [0.2, 0.25) is 0 Å². The van der Waals surface area contributed by atoms with Gasteiger partial charge in [-0.05, 0) is 29.8 Å². The van der Waals surface area contributed by atoms with Crippen LogP contribution in [0.3, 0.4) is 0 Å². The second-order valence-corrected chi connectivity index (χ2v) is 6.04. The van der Waals surface area contributed by atoms with Crippen LogP contribution in [0.2, 0.25) is 5.02 Å². The van der Waals surface area contributed by atoms with Gasteiger partial charge in [0.1, 0.15) is 11.4 Å². The monoisotopic (exact) mass is 351 g/mol. The van der Waals surface area contributed by atoms with Crippen molar-refractivity contribution in [3.05, 3.63) is 83.2 Å². The van der Waals surface area contributed by atoms with E-state index in [9.17, 15) is 4.79 Å².